The number of carbonyl (C=O) groups is 2. The Bertz CT molecular complexity index is 82.6. The van der Waals surface area contributed by atoms with Crippen molar-refractivity contribution in [3.63, 3.8) is 0 Å². The van der Waals surface area contributed by atoms with Gasteiger partial charge in [-0.2, -0.15) is 0 Å². The van der Waals surface area contributed by atoms with Gasteiger partial charge in [-0.3, -0.25) is 0 Å². The second-order valence-corrected chi connectivity index (χ2v) is 0.610. The third-order valence-electron chi connectivity index (χ3n) is 0.183. The van der Waals surface area contributed by atoms with Crippen molar-refractivity contribution in [2.75, 3.05) is 0 Å². The van der Waals surface area contributed by atoms with Crippen LogP contribution in [0.1, 0.15) is 2.85 Å². The summed E-state index contributed by atoms with van der Waals surface area (Å²) in [6, 6.07) is 0. The van der Waals surface area contributed by atoms with E-state index < -0.39 is 11.9 Å². The molecule has 7 heavy (non-hydrogen) atoms. The maximum atomic E-state index is 9.10. The number of hydrogen-bond donors (Lipinski definition) is 2. The van der Waals surface area contributed by atoms with Gasteiger partial charge < -0.3 is 13.1 Å². The quantitative estimate of drug-likeness (QED) is 0.303. The van der Waals surface area contributed by atoms with Gasteiger partial charge in [0.1, 0.15) is 0 Å². The first-order chi connectivity index (χ1) is 2.64. The third-order valence-corrected chi connectivity index (χ3v) is 0.183. The fraction of sp³-hybridized carbons (Fsp3) is 0. The van der Waals surface area contributed by atoms with E-state index in [1.807, 2.05) is 0 Å². The predicted octanol–water partition coefficient (Wildman–Crippen LogP) is -1.00. The van der Waals surface area contributed by atoms with E-state index in [4.69, 9.17) is 19.8 Å². The van der Waals surface area contributed by atoms with Crippen LogP contribution in [-0.4, -0.2) is 32.3 Å². The Balaban J connectivity index is -0.0000000417. The van der Waals surface area contributed by atoms with Gasteiger partial charge in [0.05, 0.1) is 0 Å². The van der Waals surface area contributed by atoms with Crippen molar-refractivity contribution in [3.8, 4) is 0 Å². The summed E-state index contributed by atoms with van der Waals surface area (Å²) in [5, 5.41) is 14.8. The Morgan fingerprint density at radius 3 is 1.29 bits per heavy atom. The van der Waals surface area contributed by atoms with E-state index in [1.165, 1.54) is 0 Å². The molecule has 0 aliphatic rings. The van der Waals surface area contributed by atoms with Gasteiger partial charge in [-0.05, 0) is 0 Å². The van der Waals surface area contributed by atoms with Crippen LogP contribution in [0, 0.1) is 0 Å². The van der Waals surface area contributed by atoms with Crippen LogP contribution in [0.25, 0.3) is 0 Å². The fourth-order valence-electron chi connectivity index (χ4n) is 0. The number of hydrogen-bond acceptors (Lipinski definition) is 2. The van der Waals surface area contributed by atoms with Crippen LogP contribution in [0.4, 0.5) is 0 Å². The smallest absolute Gasteiger partial charge is 1.00 e. The van der Waals surface area contributed by atoms with Crippen molar-refractivity contribution < 1.29 is 22.7 Å². The van der Waals surface area contributed by atoms with E-state index in [2.05, 4.69) is 0 Å². The molecule has 0 rings (SSSR count). The summed E-state index contributed by atoms with van der Waals surface area (Å²) >= 11 is 0. The molecule has 0 fully saturated rings. The molecular weight excluding hydrogens is 97.0 g/mol. The SMILES string of the molecule is O=C(O)C(=O)O.[Be+2].[H-].[H-]. The zero-order chi connectivity index (χ0) is 5.15. The summed E-state index contributed by atoms with van der Waals surface area (Å²) < 4.78 is 0. The van der Waals surface area contributed by atoms with Crippen molar-refractivity contribution >= 4 is 22.1 Å². The third kappa shape index (κ3) is 5.11. The molecule has 0 aliphatic carbocycles. The maximum Gasteiger partial charge on any atom is 2.00 e. The molecule has 0 aromatic rings. The van der Waals surface area contributed by atoms with Crippen LogP contribution in [-0.2, 0) is 9.59 Å². The van der Waals surface area contributed by atoms with E-state index in [9.17, 15) is 0 Å². The first-order valence-electron chi connectivity index (χ1n) is 1.11. The maximum absolute atomic E-state index is 9.10. The van der Waals surface area contributed by atoms with Crippen molar-refractivity contribution in [2.24, 2.45) is 0 Å². The Morgan fingerprint density at radius 1 is 1.14 bits per heavy atom. The molecule has 0 saturated heterocycles. The van der Waals surface area contributed by atoms with Crippen LogP contribution < -0.4 is 0 Å². The zero-order valence-electron chi connectivity index (χ0n) is 5.42. The molecule has 2 N–H and O–H groups in total. The fourth-order valence-corrected chi connectivity index (χ4v) is 0. The first kappa shape index (κ1) is 9.44. The van der Waals surface area contributed by atoms with Gasteiger partial charge in [-0.15, -0.1) is 0 Å². The Morgan fingerprint density at radius 2 is 1.29 bits per heavy atom. The monoisotopic (exact) mass is 101 g/mol. The van der Waals surface area contributed by atoms with Gasteiger partial charge in [0.25, 0.3) is 0 Å². The van der Waals surface area contributed by atoms with Gasteiger partial charge in [0, 0.05) is 0 Å². The molecule has 0 unspecified atom stereocenters. The zero-order valence-corrected chi connectivity index (χ0v) is 3.42. The average molecular weight is 101 g/mol. The Labute approximate surface area is 45.9 Å². The van der Waals surface area contributed by atoms with E-state index in [-0.39, 0.29) is 13.0 Å². The van der Waals surface area contributed by atoms with Crippen molar-refractivity contribution in [1.82, 2.24) is 0 Å². The standard InChI is InChI=1S/C2H2O4.Be.2H/c3-1(4)2(5)6;;;/h(H,3,4)(H,5,6);;;/q;+2;2*-1. The minimum absolute atomic E-state index is 0. The van der Waals surface area contributed by atoms with Gasteiger partial charge in [-0.1, -0.05) is 0 Å². The minimum Gasteiger partial charge on any atom is -1.00 e. The van der Waals surface area contributed by atoms with E-state index >= 15 is 0 Å². The van der Waals surface area contributed by atoms with Crippen molar-refractivity contribution in [1.29, 1.82) is 0 Å². The first-order valence-corrected chi connectivity index (χ1v) is 1.11. The molecule has 38 valence electrons. The Kier molecular flexibility index (Phi) is 4.46. The summed E-state index contributed by atoms with van der Waals surface area (Å²) in [7, 11) is 0. The largest absolute Gasteiger partial charge is 2.00 e. The van der Waals surface area contributed by atoms with Crippen LogP contribution >= 0.6 is 0 Å². The summed E-state index contributed by atoms with van der Waals surface area (Å²) in [5.74, 6) is -3.65. The second-order valence-electron chi connectivity index (χ2n) is 0.610. The molecule has 0 heterocycles. The van der Waals surface area contributed by atoms with Crippen LogP contribution in [0.15, 0.2) is 0 Å². The van der Waals surface area contributed by atoms with Crippen molar-refractivity contribution in [2.45, 2.75) is 0 Å². The molecule has 0 aromatic carbocycles. The summed E-state index contributed by atoms with van der Waals surface area (Å²) in [5.41, 5.74) is 0. The molecule has 0 aromatic heterocycles. The average Bonchev–Trinajstić information content (AvgIpc) is 1.36. The molecule has 0 bridgehead atoms. The van der Waals surface area contributed by atoms with Crippen LogP contribution in [0.2, 0.25) is 0 Å². The molecule has 0 radical (unpaired) electrons. The molecule has 0 atom stereocenters. The van der Waals surface area contributed by atoms with Crippen LogP contribution in [0.5, 0.6) is 0 Å². The molecule has 0 spiro atoms. The number of aliphatic carboxylic acids is 2. The van der Waals surface area contributed by atoms with E-state index in [0.717, 1.165) is 0 Å². The summed E-state index contributed by atoms with van der Waals surface area (Å²) in [4.78, 5) is 18.2. The summed E-state index contributed by atoms with van der Waals surface area (Å²) in [6.07, 6.45) is 0. The number of rotatable bonds is 0. The van der Waals surface area contributed by atoms with Gasteiger partial charge in [0.15, 0.2) is 0 Å². The van der Waals surface area contributed by atoms with E-state index in [0.29, 0.717) is 0 Å². The summed E-state index contributed by atoms with van der Waals surface area (Å²) in [6.45, 7) is 0. The number of carboxylic acid groups (broad SMARTS) is 2. The van der Waals surface area contributed by atoms with Gasteiger partial charge in [-0.25, -0.2) is 9.59 Å². The molecular formula is C2H4BeO4. The minimum atomic E-state index is -1.82. The normalized spacial score (nSPS) is 6.29. The van der Waals surface area contributed by atoms with Crippen molar-refractivity contribution in [3.05, 3.63) is 0 Å². The second kappa shape index (κ2) is 3.30. The molecule has 0 saturated carbocycles. The molecule has 0 amide bonds. The molecule has 5 heteroatoms. The number of carboxylic acids is 2. The Hall–Kier alpha value is -0.891. The van der Waals surface area contributed by atoms with E-state index in [1.54, 1.807) is 0 Å². The molecule has 0 aliphatic heterocycles. The van der Waals surface area contributed by atoms with Crippen LogP contribution in [0.3, 0.4) is 0 Å². The predicted molar refractivity (Wildman–Crippen MR) is 23.2 cm³/mol. The topological polar surface area (TPSA) is 74.6 Å². The van der Waals surface area contributed by atoms with Gasteiger partial charge in [0.2, 0.25) is 0 Å². The van der Waals surface area contributed by atoms with Gasteiger partial charge >= 0.3 is 22.1 Å². The molecule has 4 nitrogen and oxygen atoms in total.